The van der Waals surface area contributed by atoms with Gasteiger partial charge in [0.05, 0.1) is 0 Å². The number of hydrogen-bond acceptors (Lipinski definition) is 6. The van der Waals surface area contributed by atoms with E-state index in [2.05, 4.69) is 0 Å². The van der Waals surface area contributed by atoms with Crippen LogP contribution >= 0.6 is 0 Å². The SMILES string of the molecule is O=C1C=CC=CC1=CN[O-].O=C1C=CC=CC1=CN[O-].[Cu]. The predicted octanol–water partition coefficient (Wildman–Crippen LogP) is 1.30. The number of nitrogens with one attached hydrogen (secondary N) is 2. The molecule has 0 saturated heterocycles. The second-order valence-corrected chi connectivity index (χ2v) is 3.60. The molecule has 0 aromatic rings. The van der Waals surface area contributed by atoms with Crippen molar-refractivity contribution in [2.45, 2.75) is 0 Å². The molecular weight excluding hydrogens is 324 g/mol. The van der Waals surface area contributed by atoms with Crippen LogP contribution in [0.1, 0.15) is 0 Å². The van der Waals surface area contributed by atoms with Gasteiger partial charge in [-0.25, -0.2) is 0 Å². The Hall–Kier alpha value is -2.18. The van der Waals surface area contributed by atoms with Gasteiger partial charge in [-0.1, -0.05) is 24.3 Å². The van der Waals surface area contributed by atoms with Gasteiger partial charge in [0.25, 0.3) is 0 Å². The van der Waals surface area contributed by atoms with E-state index in [1.54, 1.807) is 47.4 Å². The molecule has 115 valence electrons. The molecule has 2 aliphatic carbocycles. The Morgan fingerprint density at radius 3 is 1.33 bits per heavy atom. The van der Waals surface area contributed by atoms with Crippen LogP contribution in [0.2, 0.25) is 0 Å². The molecule has 0 spiro atoms. The summed E-state index contributed by atoms with van der Waals surface area (Å²) in [5, 5.41) is 19.6. The minimum Gasteiger partial charge on any atom is -0.761 e. The summed E-state index contributed by atoms with van der Waals surface area (Å²) in [6.07, 6.45) is 14.9. The van der Waals surface area contributed by atoms with Crippen molar-refractivity contribution in [1.29, 1.82) is 0 Å². The van der Waals surface area contributed by atoms with E-state index in [9.17, 15) is 20.0 Å². The van der Waals surface area contributed by atoms with Gasteiger partial charge in [0, 0.05) is 28.2 Å². The van der Waals surface area contributed by atoms with Gasteiger partial charge in [-0.05, 0) is 36.7 Å². The molecule has 0 atom stereocenters. The Balaban J connectivity index is 0.000000364. The zero-order valence-corrected chi connectivity index (χ0v) is 11.6. The van der Waals surface area contributed by atoms with E-state index in [-0.39, 0.29) is 28.6 Å². The molecule has 0 fully saturated rings. The van der Waals surface area contributed by atoms with Gasteiger partial charge in [0.1, 0.15) is 0 Å². The second kappa shape index (κ2) is 10.6. The molecule has 0 saturated carbocycles. The van der Waals surface area contributed by atoms with Crippen LogP contribution in [-0.4, -0.2) is 11.6 Å². The third-order valence-electron chi connectivity index (χ3n) is 2.27. The fraction of sp³-hybridized carbons (Fsp3) is 0. The molecule has 6 nitrogen and oxygen atoms in total. The zero-order valence-electron chi connectivity index (χ0n) is 10.7. The largest absolute Gasteiger partial charge is 0.761 e. The summed E-state index contributed by atoms with van der Waals surface area (Å²) < 4.78 is 0. The number of hydrogen-bond donors (Lipinski definition) is 2. The van der Waals surface area contributed by atoms with E-state index >= 15 is 0 Å². The van der Waals surface area contributed by atoms with Crippen LogP contribution in [0.3, 0.4) is 0 Å². The fourth-order valence-corrected chi connectivity index (χ4v) is 1.33. The first-order valence-electron chi connectivity index (χ1n) is 5.63. The van der Waals surface area contributed by atoms with Crippen molar-refractivity contribution in [3.8, 4) is 0 Å². The van der Waals surface area contributed by atoms with Gasteiger partial charge < -0.3 is 21.4 Å². The molecule has 2 rings (SSSR count). The number of allylic oxidation sites excluding steroid dienone is 10. The molecule has 0 unspecified atom stereocenters. The maximum absolute atomic E-state index is 10.8. The van der Waals surface area contributed by atoms with Gasteiger partial charge in [0.15, 0.2) is 11.6 Å². The minimum atomic E-state index is -0.147. The van der Waals surface area contributed by atoms with Gasteiger partial charge in [-0.2, -0.15) is 0 Å². The van der Waals surface area contributed by atoms with E-state index in [4.69, 9.17) is 0 Å². The molecular formula is C14H12CuN2O4-2. The smallest absolute Gasteiger partial charge is 0.187 e. The first-order valence-corrected chi connectivity index (χ1v) is 5.63. The number of hydroxylamine groups is 2. The van der Waals surface area contributed by atoms with E-state index < -0.39 is 0 Å². The van der Waals surface area contributed by atoms with Crippen molar-refractivity contribution in [2.24, 2.45) is 0 Å². The number of carbonyl (C=O) groups is 2. The summed E-state index contributed by atoms with van der Waals surface area (Å²) in [5.74, 6) is -0.295. The van der Waals surface area contributed by atoms with Crippen LogP contribution in [0.15, 0.2) is 72.2 Å². The van der Waals surface area contributed by atoms with Gasteiger partial charge >= 0.3 is 0 Å². The summed E-state index contributed by atoms with van der Waals surface area (Å²) in [7, 11) is 0. The maximum atomic E-state index is 10.8. The van der Waals surface area contributed by atoms with Gasteiger partial charge in [-0.15, -0.1) is 0 Å². The Morgan fingerprint density at radius 1 is 0.714 bits per heavy atom. The summed E-state index contributed by atoms with van der Waals surface area (Å²) in [4.78, 5) is 21.6. The van der Waals surface area contributed by atoms with E-state index in [1.807, 2.05) is 0 Å². The van der Waals surface area contributed by atoms with E-state index in [0.717, 1.165) is 12.4 Å². The van der Waals surface area contributed by atoms with Crippen LogP contribution < -0.4 is 11.0 Å². The van der Waals surface area contributed by atoms with E-state index in [1.165, 1.54) is 12.2 Å². The molecule has 2 aliphatic rings. The van der Waals surface area contributed by atoms with Crippen molar-refractivity contribution in [2.75, 3.05) is 0 Å². The Labute approximate surface area is 132 Å². The van der Waals surface area contributed by atoms with Crippen molar-refractivity contribution >= 4 is 11.6 Å². The summed E-state index contributed by atoms with van der Waals surface area (Å²) in [6, 6.07) is 0. The van der Waals surface area contributed by atoms with Crippen molar-refractivity contribution in [1.82, 2.24) is 11.0 Å². The Morgan fingerprint density at radius 2 is 1.05 bits per heavy atom. The molecule has 21 heavy (non-hydrogen) atoms. The first-order chi connectivity index (χ1) is 9.69. The molecule has 0 amide bonds. The van der Waals surface area contributed by atoms with Crippen LogP contribution in [0.4, 0.5) is 0 Å². The zero-order chi connectivity index (χ0) is 14.8. The van der Waals surface area contributed by atoms with Crippen molar-refractivity contribution in [3.63, 3.8) is 0 Å². The number of carbonyl (C=O) groups excluding carboxylic acids is 2. The van der Waals surface area contributed by atoms with Crippen LogP contribution in [-0.2, 0) is 26.7 Å². The van der Waals surface area contributed by atoms with Crippen molar-refractivity contribution in [3.05, 3.63) is 82.6 Å². The quantitative estimate of drug-likeness (QED) is 0.448. The molecule has 0 bridgehead atoms. The Kier molecular flexibility index (Phi) is 9.49. The first kappa shape index (κ1) is 18.8. The molecule has 7 heteroatoms. The second-order valence-electron chi connectivity index (χ2n) is 3.60. The predicted molar refractivity (Wildman–Crippen MR) is 75.7 cm³/mol. The standard InChI is InChI=1S/2C7H6NO2.Cu/c2*9-7-4-2-1-3-6(7)5-8-10;/h2*1-5,8H;/q2*-1;. The molecule has 0 heterocycles. The maximum Gasteiger partial charge on any atom is 0.187 e. The molecule has 0 aliphatic heterocycles. The molecule has 0 aromatic carbocycles. The topological polar surface area (TPSA) is 104 Å². The normalized spacial score (nSPS) is 19.1. The Bertz CT molecular complexity index is 507. The number of rotatable bonds is 2. The summed E-state index contributed by atoms with van der Waals surface area (Å²) in [6.45, 7) is 0. The fourth-order valence-electron chi connectivity index (χ4n) is 1.33. The summed E-state index contributed by atoms with van der Waals surface area (Å²) in [5.41, 5.74) is 3.87. The third kappa shape index (κ3) is 6.69. The van der Waals surface area contributed by atoms with Gasteiger partial charge in [-0.3, -0.25) is 9.59 Å². The van der Waals surface area contributed by atoms with Crippen LogP contribution in [0, 0.1) is 10.4 Å². The summed E-state index contributed by atoms with van der Waals surface area (Å²) >= 11 is 0. The molecule has 2 N–H and O–H groups in total. The average molecular weight is 336 g/mol. The number of ketones is 2. The third-order valence-corrected chi connectivity index (χ3v) is 2.27. The van der Waals surface area contributed by atoms with Gasteiger partial charge in [0.2, 0.25) is 0 Å². The van der Waals surface area contributed by atoms with Crippen LogP contribution in [0.5, 0.6) is 0 Å². The molecule has 0 aromatic heterocycles. The monoisotopic (exact) mass is 335 g/mol. The van der Waals surface area contributed by atoms with Crippen molar-refractivity contribution < 1.29 is 26.7 Å². The minimum absolute atomic E-state index is 0. The molecule has 1 radical (unpaired) electrons. The van der Waals surface area contributed by atoms with Crippen LogP contribution in [0.25, 0.3) is 0 Å². The average Bonchev–Trinajstić information content (AvgIpc) is 2.45. The van der Waals surface area contributed by atoms with E-state index in [0.29, 0.717) is 11.1 Å².